The molecule has 0 aliphatic heterocycles. The molecule has 0 bridgehead atoms. The van der Waals surface area contributed by atoms with Gasteiger partial charge in [-0.1, -0.05) is 22.9 Å². The standard InChI is InChI=1S/C21H23N3O4S/c1-14-5-8-16(9-6-14)29-13-20(25)24(2)12-19-22-21(23-28-19)15-7-10-17(26-3)18(11-15)27-4/h5-11H,12-13H2,1-4H3. The van der Waals surface area contributed by atoms with E-state index in [1.54, 1.807) is 38.3 Å². The zero-order chi connectivity index (χ0) is 20.8. The molecule has 1 amide bonds. The Morgan fingerprint density at radius 3 is 2.52 bits per heavy atom. The Bertz CT molecular complexity index is 972. The van der Waals surface area contributed by atoms with Crippen molar-refractivity contribution >= 4 is 17.7 Å². The average Bonchev–Trinajstić information content (AvgIpc) is 3.21. The first-order valence-corrected chi connectivity index (χ1v) is 9.97. The van der Waals surface area contributed by atoms with E-state index < -0.39 is 0 Å². The second-order valence-corrected chi connectivity index (χ2v) is 7.48. The minimum absolute atomic E-state index is 0.0126. The van der Waals surface area contributed by atoms with Gasteiger partial charge in [0.2, 0.25) is 17.6 Å². The van der Waals surface area contributed by atoms with E-state index in [0.29, 0.717) is 29.0 Å². The zero-order valence-corrected chi connectivity index (χ0v) is 17.7. The number of benzene rings is 2. The third-order valence-electron chi connectivity index (χ3n) is 4.29. The Morgan fingerprint density at radius 1 is 1.10 bits per heavy atom. The van der Waals surface area contributed by atoms with Crippen molar-refractivity contribution in [1.29, 1.82) is 0 Å². The van der Waals surface area contributed by atoms with Gasteiger partial charge in [-0.25, -0.2) is 0 Å². The normalized spacial score (nSPS) is 10.6. The van der Waals surface area contributed by atoms with Gasteiger partial charge >= 0.3 is 0 Å². The van der Waals surface area contributed by atoms with Gasteiger partial charge in [0.15, 0.2) is 11.5 Å². The number of carbonyl (C=O) groups is 1. The van der Waals surface area contributed by atoms with Gasteiger partial charge in [-0.3, -0.25) is 4.79 Å². The van der Waals surface area contributed by atoms with E-state index >= 15 is 0 Å². The first-order valence-electron chi connectivity index (χ1n) is 8.98. The molecule has 7 nitrogen and oxygen atoms in total. The SMILES string of the molecule is COc1ccc(-c2noc(CN(C)C(=O)CSc3ccc(C)cc3)n2)cc1OC. The maximum atomic E-state index is 12.4. The highest BCUT2D eigenvalue weighted by Crippen LogP contribution is 2.31. The van der Waals surface area contributed by atoms with E-state index in [4.69, 9.17) is 14.0 Å². The molecule has 0 saturated carbocycles. The molecule has 0 aliphatic carbocycles. The Morgan fingerprint density at radius 2 is 1.83 bits per heavy atom. The minimum Gasteiger partial charge on any atom is -0.493 e. The number of nitrogens with zero attached hydrogens (tertiary/aromatic N) is 3. The van der Waals surface area contributed by atoms with Crippen LogP contribution in [-0.2, 0) is 11.3 Å². The maximum absolute atomic E-state index is 12.4. The summed E-state index contributed by atoms with van der Waals surface area (Å²) >= 11 is 1.50. The van der Waals surface area contributed by atoms with Gasteiger partial charge in [0.05, 0.1) is 26.5 Å². The Labute approximate surface area is 174 Å². The molecule has 1 heterocycles. The van der Waals surface area contributed by atoms with Gasteiger partial charge < -0.3 is 18.9 Å². The van der Waals surface area contributed by atoms with Crippen LogP contribution in [0.3, 0.4) is 0 Å². The highest BCUT2D eigenvalue weighted by Gasteiger charge is 2.16. The summed E-state index contributed by atoms with van der Waals surface area (Å²) in [7, 11) is 4.87. The molecule has 0 aliphatic rings. The Hall–Kier alpha value is -3.00. The van der Waals surface area contributed by atoms with Crippen LogP contribution in [0.4, 0.5) is 0 Å². The summed E-state index contributed by atoms with van der Waals surface area (Å²) in [5.74, 6) is 2.33. The van der Waals surface area contributed by atoms with Crippen molar-refractivity contribution in [3.05, 3.63) is 53.9 Å². The van der Waals surface area contributed by atoms with E-state index in [2.05, 4.69) is 10.1 Å². The number of aryl methyl sites for hydroxylation is 1. The van der Waals surface area contributed by atoms with Crippen molar-refractivity contribution in [2.45, 2.75) is 18.4 Å². The lowest BCUT2D eigenvalue weighted by atomic mass is 10.2. The fourth-order valence-corrected chi connectivity index (χ4v) is 3.43. The molecule has 152 valence electrons. The van der Waals surface area contributed by atoms with Crippen molar-refractivity contribution in [3.63, 3.8) is 0 Å². The van der Waals surface area contributed by atoms with Crippen molar-refractivity contribution < 1.29 is 18.8 Å². The number of amides is 1. The molecule has 3 rings (SSSR count). The quantitative estimate of drug-likeness (QED) is 0.520. The van der Waals surface area contributed by atoms with E-state index in [1.165, 1.54) is 17.3 Å². The molecule has 0 saturated heterocycles. The topological polar surface area (TPSA) is 77.7 Å². The van der Waals surface area contributed by atoms with Gasteiger partial charge in [0, 0.05) is 17.5 Å². The molecule has 29 heavy (non-hydrogen) atoms. The van der Waals surface area contributed by atoms with E-state index in [0.717, 1.165) is 10.5 Å². The fraction of sp³-hybridized carbons (Fsp3) is 0.286. The van der Waals surface area contributed by atoms with Crippen LogP contribution in [0.1, 0.15) is 11.5 Å². The lowest BCUT2D eigenvalue weighted by Crippen LogP contribution is -2.27. The Balaban J connectivity index is 1.60. The van der Waals surface area contributed by atoms with Crippen molar-refractivity contribution in [3.8, 4) is 22.9 Å². The van der Waals surface area contributed by atoms with Crippen molar-refractivity contribution in [2.75, 3.05) is 27.0 Å². The highest BCUT2D eigenvalue weighted by molar-refractivity contribution is 8.00. The molecule has 0 N–H and O–H groups in total. The summed E-state index contributed by atoms with van der Waals surface area (Å²) in [6.45, 7) is 2.28. The monoisotopic (exact) mass is 413 g/mol. The predicted molar refractivity (Wildman–Crippen MR) is 111 cm³/mol. The molecular formula is C21H23N3O4S. The fourth-order valence-electron chi connectivity index (χ4n) is 2.59. The summed E-state index contributed by atoms with van der Waals surface area (Å²) in [6, 6.07) is 13.5. The van der Waals surface area contributed by atoms with Crippen LogP contribution >= 0.6 is 11.8 Å². The molecule has 0 spiro atoms. The van der Waals surface area contributed by atoms with Gasteiger partial charge in [0.25, 0.3) is 0 Å². The first kappa shape index (κ1) is 20.7. The summed E-state index contributed by atoms with van der Waals surface area (Å²) in [5, 5.41) is 4.01. The van der Waals surface area contributed by atoms with Crippen LogP contribution in [0.15, 0.2) is 51.9 Å². The van der Waals surface area contributed by atoms with Gasteiger partial charge in [-0.15, -0.1) is 11.8 Å². The number of hydrogen-bond donors (Lipinski definition) is 0. The van der Waals surface area contributed by atoms with E-state index in [1.807, 2.05) is 37.3 Å². The van der Waals surface area contributed by atoms with Crippen molar-refractivity contribution in [1.82, 2.24) is 15.0 Å². The molecule has 0 unspecified atom stereocenters. The zero-order valence-electron chi connectivity index (χ0n) is 16.8. The first-order chi connectivity index (χ1) is 14.0. The smallest absolute Gasteiger partial charge is 0.246 e. The van der Waals surface area contributed by atoms with Gasteiger partial charge in [-0.05, 0) is 37.3 Å². The van der Waals surface area contributed by atoms with Crippen LogP contribution < -0.4 is 9.47 Å². The molecular weight excluding hydrogens is 390 g/mol. The minimum atomic E-state index is -0.0126. The number of methoxy groups -OCH3 is 2. The molecule has 2 aromatic carbocycles. The molecule has 1 aromatic heterocycles. The summed E-state index contributed by atoms with van der Waals surface area (Å²) in [4.78, 5) is 19.4. The summed E-state index contributed by atoms with van der Waals surface area (Å²) in [5.41, 5.74) is 1.93. The number of carbonyl (C=O) groups excluding carboxylic acids is 1. The molecule has 0 fully saturated rings. The third-order valence-corrected chi connectivity index (χ3v) is 5.29. The lowest BCUT2D eigenvalue weighted by molar-refractivity contribution is -0.127. The average molecular weight is 413 g/mol. The van der Waals surface area contributed by atoms with Crippen LogP contribution in [0.5, 0.6) is 11.5 Å². The number of rotatable bonds is 8. The van der Waals surface area contributed by atoms with Crippen LogP contribution in [0.25, 0.3) is 11.4 Å². The predicted octanol–water partition coefficient (Wildman–Crippen LogP) is 3.81. The molecule has 3 aromatic rings. The third kappa shape index (κ3) is 5.29. The largest absolute Gasteiger partial charge is 0.493 e. The Kier molecular flexibility index (Phi) is 6.77. The second kappa shape index (κ2) is 9.47. The lowest BCUT2D eigenvalue weighted by Gasteiger charge is -2.14. The van der Waals surface area contributed by atoms with Crippen LogP contribution in [0, 0.1) is 6.92 Å². The van der Waals surface area contributed by atoms with E-state index in [9.17, 15) is 4.79 Å². The number of ether oxygens (including phenoxy) is 2. The number of thioether (sulfide) groups is 1. The highest BCUT2D eigenvalue weighted by atomic mass is 32.2. The van der Waals surface area contributed by atoms with Gasteiger partial charge in [-0.2, -0.15) is 4.98 Å². The van der Waals surface area contributed by atoms with Gasteiger partial charge in [0.1, 0.15) is 0 Å². The number of aromatic nitrogens is 2. The molecule has 0 radical (unpaired) electrons. The van der Waals surface area contributed by atoms with Crippen LogP contribution in [-0.4, -0.2) is 48.0 Å². The van der Waals surface area contributed by atoms with E-state index in [-0.39, 0.29) is 12.5 Å². The number of hydrogen-bond acceptors (Lipinski definition) is 7. The summed E-state index contributed by atoms with van der Waals surface area (Å²) in [6.07, 6.45) is 0. The van der Waals surface area contributed by atoms with Crippen molar-refractivity contribution in [2.24, 2.45) is 0 Å². The molecule has 0 atom stereocenters. The van der Waals surface area contributed by atoms with Crippen LogP contribution in [0.2, 0.25) is 0 Å². The summed E-state index contributed by atoms with van der Waals surface area (Å²) < 4.78 is 15.9. The maximum Gasteiger partial charge on any atom is 0.246 e. The molecule has 8 heteroatoms. The second-order valence-electron chi connectivity index (χ2n) is 6.43.